The van der Waals surface area contributed by atoms with Crippen LogP contribution in [0.1, 0.15) is 21.5 Å². The molecule has 0 aromatic heterocycles. The molecule has 0 aliphatic rings. The summed E-state index contributed by atoms with van der Waals surface area (Å²) in [6.07, 6.45) is 1.39. The lowest BCUT2D eigenvalue weighted by Gasteiger charge is -2.10. The largest absolute Gasteiger partial charge is 0.493 e. The van der Waals surface area contributed by atoms with Gasteiger partial charge >= 0.3 is 5.97 Å². The van der Waals surface area contributed by atoms with E-state index in [1.807, 2.05) is 6.07 Å². The molecule has 0 fully saturated rings. The summed E-state index contributed by atoms with van der Waals surface area (Å²) in [6, 6.07) is 19.9. The number of hydrazone groups is 1. The Morgan fingerprint density at radius 1 is 1.06 bits per heavy atom. The fourth-order valence-electron chi connectivity index (χ4n) is 2.67. The van der Waals surface area contributed by atoms with E-state index in [4.69, 9.17) is 31.1 Å². The number of rotatable bonds is 8. The van der Waals surface area contributed by atoms with Crippen LogP contribution in [0.3, 0.4) is 0 Å². The van der Waals surface area contributed by atoms with Crippen LogP contribution in [0.4, 0.5) is 0 Å². The van der Waals surface area contributed by atoms with Crippen LogP contribution < -0.4 is 19.6 Å². The Bertz CT molecular complexity index is 1240. The second-order valence-corrected chi connectivity index (χ2v) is 6.88. The maximum atomic E-state index is 12.4. The second kappa shape index (κ2) is 11.3. The van der Waals surface area contributed by atoms with Crippen molar-refractivity contribution in [1.82, 2.24) is 5.43 Å². The summed E-state index contributed by atoms with van der Waals surface area (Å²) in [6.45, 7) is -0.309. The first-order chi connectivity index (χ1) is 16.0. The van der Waals surface area contributed by atoms with E-state index >= 15 is 0 Å². The molecule has 0 aliphatic carbocycles. The Labute approximate surface area is 195 Å². The summed E-state index contributed by atoms with van der Waals surface area (Å²) in [5, 5.41) is 13.2. The first-order valence-corrected chi connectivity index (χ1v) is 9.98. The van der Waals surface area contributed by atoms with Gasteiger partial charge in [0, 0.05) is 0 Å². The molecule has 33 heavy (non-hydrogen) atoms. The second-order valence-electron chi connectivity index (χ2n) is 6.47. The molecule has 0 bridgehead atoms. The van der Waals surface area contributed by atoms with Crippen molar-refractivity contribution in [3.05, 3.63) is 88.4 Å². The molecule has 8 nitrogen and oxygen atoms in total. The van der Waals surface area contributed by atoms with Crippen molar-refractivity contribution in [2.75, 3.05) is 13.7 Å². The van der Waals surface area contributed by atoms with Gasteiger partial charge in [0.25, 0.3) is 5.91 Å². The number of nitriles is 1. The minimum atomic E-state index is -0.620. The molecule has 0 saturated carbocycles. The van der Waals surface area contributed by atoms with Gasteiger partial charge in [-0.1, -0.05) is 35.9 Å². The average molecular weight is 464 g/mol. The number of methoxy groups -OCH3 is 1. The van der Waals surface area contributed by atoms with Crippen LogP contribution in [-0.4, -0.2) is 31.8 Å². The van der Waals surface area contributed by atoms with Crippen molar-refractivity contribution in [2.24, 2.45) is 5.10 Å². The third-order valence-corrected chi connectivity index (χ3v) is 4.58. The number of esters is 1. The Morgan fingerprint density at radius 3 is 2.58 bits per heavy atom. The van der Waals surface area contributed by atoms with Crippen LogP contribution in [0.25, 0.3) is 0 Å². The summed E-state index contributed by atoms with van der Waals surface area (Å²) < 4.78 is 16.0. The summed E-state index contributed by atoms with van der Waals surface area (Å²) in [5.41, 5.74) is 3.48. The van der Waals surface area contributed by atoms with E-state index in [0.29, 0.717) is 22.6 Å². The molecular weight excluding hydrogens is 446 g/mol. The van der Waals surface area contributed by atoms with Crippen LogP contribution in [-0.2, 0) is 4.79 Å². The lowest BCUT2D eigenvalue weighted by atomic mass is 10.2. The molecule has 1 amide bonds. The number of para-hydroxylation sites is 1. The van der Waals surface area contributed by atoms with Crippen LogP contribution in [0.15, 0.2) is 71.8 Å². The van der Waals surface area contributed by atoms with Crippen molar-refractivity contribution in [2.45, 2.75) is 0 Å². The average Bonchev–Trinajstić information content (AvgIpc) is 2.83. The van der Waals surface area contributed by atoms with E-state index in [9.17, 15) is 9.59 Å². The monoisotopic (exact) mass is 463 g/mol. The highest BCUT2D eigenvalue weighted by Gasteiger charge is 2.15. The summed E-state index contributed by atoms with van der Waals surface area (Å²) in [5.74, 6) is -0.317. The van der Waals surface area contributed by atoms with Crippen molar-refractivity contribution in [1.29, 1.82) is 5.26 Å². The fourth-order valence-corrected chi connectivity index (χ4v) is 2.88. The van der Waals surface area contributed by atoms with Gasteiger partial charge in [0.05, 0.1) is 29.5 Å². The third-order valence-electron chi connectivity index (χ3n) is 4.25. The van der Waals surface area contributed by atoms with Gasteiger partial charge in [-0.15, -0.1) is 0 Å². The van der Waals surface area contributed by atoms with E-state index in [0.717, 1.165) is 0 Å². The smallest absolute Gasteiger partial charge is 0.345 e. The highest BCUT2D eigenvalue weighted by atomic mass is 35.5. The van der Waals surface area contributed by atoms with Gasteiger partial charge in [-0.25, -0.2) is 10.2 Å². The molecule has 0 saturated heterocycles. The van der Waals surface area contributed by atoms with E-state index in [1.165, 1.54) is 13.3 Å². The Morgan fingerprint density at radius 2 is 1.82 bits per heavy atom. The first kappa shape index (κ1) is 23.3. The van der Waals surface area contributed by atoms with Gasteiger partial charge in [0.2, 0.25) is 0 Å². The molecule has 3 aromatic carbocycles. The highest BCUT2D eigenvalue weighted by molar-refractivity contribution is 6.33. The number of nitrogens with zero attached hydrogens (tertiary/aromatic N) is 2. The summed E-state index contributed by atoms with van der Waals surface area (Å²) in [4.78, 5) is 24.3. The fraction of sp³-hybridized carbons (Fsp3) is 0.0833. The number of hydrogen-bond acceptors (Lipinski definition) is 7. The minimum Gasteiger partial charge on any atom is -0.493 e. The molecule has 0 heterocycles. The van der Waals surface area contributed by atoms with Crippen molar-refractivity contribution < 1.29 is 23.8 Å². The topological polar surface area (TPSA) is 110 Å². The Balaban J connectivity index is 1.59. The van der Waals surface area contributed by atoms with Crippen LogP contribution in [0.5, 0.6) is 17.2 Å². The Kier molecular flexibility index (Phi) is 8.00. The number of carbonyl (C=O) groups is 2. The van der Waals surface area contributed by atoms with E-state index < -0.39 is 11.9 Å². The maximum Gasteiger partial charge on any atom is 0.345 e. The normalized spacial score (nSPS) is 10.3. The number of nitrogens with one attached hydrogen (secondary N) is 1. The number of amides is 1. The number of halogens is 1. The third kappa shape index (κ3) is 6.32. The van der Waals surface area contributed by atoms with Crippen LogP contribution in [0.2, 0.25) is 5.02 Å². The summed E-state index contributed by atoms with van der Waals surface area (Å²) in [7, 11) is 1.43. The lowest BCUT2D eigenvalue weighted by molar-refractivity contribution is -0.123. The number of benzene rings is 3. The van der Waals surface area contributed by atoms with Crippen LogP contribution in [0, 0.1) is 11.3 Å². The Hall–Kier alpha value is -4.35. The predicted molar refractivity (Wildman–Crippen MR) is 122 cm³/mol. The molecule has 1 N–H and O–H groups in total. The summed E-state index contributed by atoms with van der Waals surface area (Å²) >= 11 is 6.03. The molecule has 0 spiro atoms. The first-order valence-electron chi connectivity index (χ1n) is 9.60. The van der Waals surface area contributed by atoms with Gasteiger partial charge < -0.3 is 14.2 Å². The lowest BCUT2D eigenvalue weighted by Crippen LogP contribution is -2.24. The zero-order chi connectivity index (χ0) is 23.6. The zero-order valence-electron chi connectivity index (χ0n) is 17.4. The van der Waals surface area contributed by atoms with Crippen LogP contribution >= 0.6 is 11.6 Å². The molecule has 0 radical (unpaired) electrons. The standard InChI is InChI=1S/C24H18ClN3O5/c1-31-22-12-16(10-11-21(22)33-24(30)18-7-3-4-8-19(18)25)14-27-28-23(29)15-32-20-9-5-2-6-17(20)13-26/h2-12,14H,15H2,1H3,(H,28,29). The number of ether oxygens (including phenoxy) is 3. The van der Waals surface area contributed by atoms with E-state index in [-0.39, 0.29) is 22.9 Å². The van der Waals surface area contributed by atoms with Gasteiger partial charge in [0.15, 0.2) is 18.1 Å². The molecule has 0 aliphatic heterocycles. The van der Waals surface area contributed by atoms with Crippen molar-refractivity contribution >= 4 is 29.7 Å². The SMILES string of the molecule is COc1cc(C=NNC(=O)COc2ccccc2C#N)ccc1OC(=O)c1ccccc1Cl. The molecule has 0 atom stereocenters. The molecule has 166 valence electrons. The number of hydrogen-bond donors (Lipinski definition) is 1. The maximum absolute atomic E-state index is 12.4. The number of carbonyl (C=O) groups excluding carboxylic acids is 2. The van der Waals surface area contributed by atoms with Gasteiger partial charge in [-0.2, -0.15) is 10.4 Å². The zero-order valence-corrected chi connectivity index (χ0v) is 18.2. The van der Waals surface area contributed by atoms with Gasteiger partial charge in [-0.05, 0) is 48.0 Å². The van der Waals surface area contributed by atoms with Gasteiger partial charge in [0.1, 0.15) is 11.8 Å². The van der Waals surface area contributed by atoms with E-state index in [2.05, 4.69) is 10.5 Å². The quantitative estimate of drug-likeness (QED) is 0.234. The predicted octanol–water partition coefficient (Wildman–Crippen LogP) is 3.97. The molecule has 3 aromatic rings. The molecule has 9 heteroatoms. The van der Waals surface area contributed by atoms with Gasteiger partial charge in [-0.3, -0.25) is 4.79 Å². The van der Waals surface area contributed by atoms with Crippen molar-refractivity contribution in [3.8, 4) is 23.3 Å². The van der Waals surface area contributed by atoms with Crippen molar-refractivity contribution in [3.63, 3.8) is 0 Å². The molecular formula is C24H18ClN3O5. The molecule has 0 unspecified atom stereocenters. The minimum absolute atomic E-state index is 0.202. The van der Waals surface area contributed by atoms with E-state index in [1.54, 1.807) is 66.7 Å². The highest BCUT2D eigenvalue weighted by Crippen LogP contribution is 2.29. The molecule has 3 rings (SSSR count).